The molecular formula is C7H6BrN3. The highest BCUT2D eigenvalue weighted by Gasteiger charge is 2.00. The molecule has 0 amide bonds. The van der Waals surface area contributed by atoms with E-state index >= 15 is 0 Å². The van der Waals surface area contributed by atoms with Crippen LogP contribution in [0.3, 0.4) is 0 Å². The Morgan fingerprint density at radius 1 is 1.55 bits per heavy atom. The van der Waals surface area contributed by atoms with E-state index in [2.05, 4.69) is 20.9 Å². The van der Waals surface area contributed by atoms with E-state index in [0.29, 0.717) is 5.69 Å². The standard InChI is InChI=1S/C7H6BrN3/c8-6-4-10-7-5(9)2-1-3-11(6)7/h1-4H,9H2. The number of nitrogens with two attached hydrogens (primary N) is 1. The van der Waals surface area contributed by atoms with Gasteiger partial charge >= 0.3 is 0 Å². The van der Waals surface area contributed by atoms with Gasteiger partial charge in [-0.05, 0) is 28.1 Å². The Bertz CT molecular complexity index is 393. The number of imidazole rings is 1. The van der Waals surface area contributed by atoms with Crippen molar-refractivity contribution >= 4 is 27.3 Å². The molecule has 0 aliphatic heterocycles. The molecule has 0 aliphatic rings. The van der Waals surface area contributed by atoms with Crippen LogP contribution in [-0.4, -0.2) is 9.38 Å². The molecule has 2 heterocycles. The van der Waals surface area contributed by atoms with Crippen molar-refractivity contribution in [2.75, 3.05) is 5.73 Å². The number of fused-ring (bicyclic) bond motifs is 1. The molecule has 3 nitrogen and oxygen atoms in total. The highest BCUT2D eigenvalue weighted by atomic mass is 79.9. The second-order valence-corrected chi connectivity index (χ2v) is 3.05. The third-order valence-corrected chi connectivity index (χ3v) is 2.11. The van der Waals surface area contributed by atoms with Crippen molar-refractivity contribution in [1.29, 1.82) is 0 Å². The van der Waals surface area contributed by atoms with Crippen molar-refractivity contribution in [3.63, 3.8) is 0 Å². The quantitative estimate of drug-likeness (QED) is 0.721. The third-order valence-electron chi connectivity index (χ3n) is 1.52. The van der Waals surface area contributed by atoms with Crippen LogP contribution in [0.1, 0.15) is 0 Å². The number of halogens is 1. The van der Waals surface area contributed by atoms with E-state index in [4.69, 9.17) is 5.73 Å². The number of rotatable bonds is 0. The van der Waals surface area contributed by atoms with E-state index in [1.807, 2.05) is 22.7 Å². The van der Waals surface area contributed by atoms with Gasteiger partial charge in [-0.25, -0.2) is 4.98 Å². The summed E-state index contributed by atoms with van der Waals surface area (Å²) in [5.74, 6) is 0. The van der Waals surface area contributed by atoms with E-state index in [-0.39, 0.29) is 0 Å². The van der Waals surface area contributed by atoms with Gasteiger partial charge in [-0.3, -0.25) is 4.40 Å². The molecule has 0 spiro atoms. The molecule has 0 radical (unpaired) electrons. The van der Waals surface area contributed by atoms with Gasteiger partial charge < -0.3 is 5.73 Å². The van der Waals surface area contributed by atoms with E-state index in [1.165, 1.54) is 0 Å². The molecule has 2 rings (SSSR count). The number of pyridine rings is 1. The van der Waals surface area contributed by atoms with E-state index in [9.17, 15) is 0 Å². The zero-order chi connectivity index (χ0) is 7.84. The SMILES string of the molecule is Nc1cccn2c(Br)cnc12. The minimum absolute atomic E-state index is 0.693. The number of anilines is 1. The first-order valence-electron chi connectivity index (χ1n) is 3.16. The zero-order valence-electron chi connectivity index (χ0n) is 5.66. The molecule has 0 aliphatic carbocycles. The van der Waals surface area contributed by atoms with Crippen LogP contribution >= 0.6 is 15.9 Å². The van der Waals surface area contributed by atoms with Crippen molar-refractivity contribution in [3.8, 4) is 0 Å². The maximum absolute atomic E-state index is 5.67. The van der Waals surface area contributed by atoms with Crippen molar-refractivity contribution in [3.05, 3.63) is 29.1 Å². The summed E-state index contributed by atoms with van der Waals surface area (Å²) in [5, 5.41) is 0. The first-order chi connectivity index (χ1) is 5.29. The number of nitrogen functional groups attached to an aromatic ring is 1. The van der Waals surface area contributed by atoms with Crippen LogP contribution in [0.4, 0.5) is 5.69 Å². The fourth-order valence-corrected chi connectivity index (χ4v) is 1.39. The molecule has 0 unspecified atom stereocenters. The van der Waals surface area contributed by atoms with Crippen LogP contribution < -0.4 is 5.73 Å². The predicted molar refractivity (Wildman–Crippen MR) is 47.3 cm³/mol. The first kappa shape index (κ1) is 6.67. The Labute approximate surface area is 72.0 Å². The number of nitrogens with zero attached hydrogens (tertiary/aromatic N) is 2. The van der Waals surface area contributed by atoms with E-state index in [1.54, 1.807) is 6.20 Å². The van der Waals surface area contributed by atoms with Gasteiger partial charge in [-0.15, -0.1) is 0 Å². The normalized spacial score (nSPS) is 10.6. The Kier molecular flexibility index (Phi) is 1.35. The van der Waals surface area contributed by atoms with Crippen molar-refractivity contribution in [2.45, 2.75) is 0 Å². The van der Waals surface area contributed by atoms with Crippen molar-refractivity contribution in [2.24, 2.45) is 0 Å². The summed E-state index contributed by atoms with van der Waals surface area (Å²) in [6.45, 7) is 0. The maximum Gasteiger partial charge on any atom is 0.160 e. The van der Waals surface area contributed by atoms with Crippen molar-refractivity contribution < 1.29 is 0 Å². The summed E-state index contributed by atoms with van der Waals surface area (Å²) in [6.07, 6.45) is 3.63. The molecule has 56 valence electrons. The highest BCUT2D eigenvalue weighted by molar-refractivity contribution is 9.10. The van der Waals surface area contributed by atoms with Crippen LogP contribution in [0, 0.1) is 0 Å². The lowest BCUT2D eigenvalue weighted by atomic mass is 10.4. The highest BCUT2D eigenvalue weighted by Crippen LogP contribution is 2.16. The van der Waals surface area contributed by atoms with E-state index < -0.39 is 0 Å². The van der Waals surface area contributed by atoms with Gasteiger partial charge in [0.1, 0.15) is 4.60 Å². The Morgan fingerprint density at radius 2 is 2.36 bits per heavy atom. The summed E-state index contributed by atoms with van der Waals surface area (Å²) in [7, 11) is 0. The predicted octanol–water partition coefficient (Wildman–Crippen LogP) is 1.68. The van der Waals surface area contributed by atoms with Gasteiger partial charge in [0, 0.05) is 6.20 Å². The molecule has 2 aromatic heterocycles. The Balaban J connectivity index is 2.94. The summed E-state index contributed by atoms with van der Waals surface area (Å²) in [6, 6.07) is 3.71. The van der Waals surface area contributed by atoms with Gasteiger partial charge in [0.2, 0.25) is 0 Å². The lowest BCUT2D eigenvalue weighted by molar-refractivity contribution is 1.16. The number of hydrogen-bond acceptors (Lipinski definition) is 2. The molecular weight excluding hydrogens is 206 g/mol. The first-order valence-corrected chi connectivity index (χ1v) is 3.95. The van der Waals surface area contributed by atoms with Crippen LogP contribution in [0.25, 0.3) is 5.65 Å². The van der Waals surface area contributed by atoms with Crippen LogP contribution in [-0.2, 0) is 0 Å². The molecule has 0 fully saturated rings. The number of hydrogen-bond donors (Lipinski definition) is 1. The molecule has 2 N–H and O–H groups in total. The molecule has 0 bridgehead atoms. The maximum atomic E-state index is 5.67. The molecule has 4 heteroatoms. The Morgan fingerprint density at radius 3 is 3.09 bits per heavy atom. The summed E-state index contributed by atoms with van der Waals surface area (Å²) >= 11 is 3.35. The van der Waals surface area contributed by atoms with Crippen LogP contribution in [0.5, 0.6) is 0 Å². The largest absolute Gasteiger partial charge is 0.396 e. The fraction of sp³-hybridized carbons (Fsp3) is 0. The molecule has 0 aromatic carbocycles. The van der Waals surface area contributed by atoms with Gasteiger partial charge in [-0.2, -0.15) is 0 Å². The van der Waals surface area contributed by atoms with Gasteiger partial charge in [0.15, 0.2) is 5.65 Å². The van der Waals surface area contributed by atoms with Gasteiger partial charge in [0.05, 0.1) is 11.9 Å². The zero-order valence-corrected chi connectivity index (χ0v) is 7.25. The smallest absolute Gasteiger partial charge is 0.160 e. The van der Waals surface area contributed by atoms with Crippen LogP contribution in [0.15, 0.2) is 29.1 Å². The third kappa shape index (κ3) is 0.903. The summed E-state index contributed by atoms with van der Waals surface area (Å²) in [4.78, 5) is 4.11. The second-order valence-electron chi connectivity index (χ2n) is 2.24. The summed E-state index contributed by atoms with van der Waals surface area (Å²) < 4.78 is 2.80. The molecule has 0 atom stereocenters. The van der Waals surface area contributed by atoms with Gasteiger partial charge in [0.25, 0.3) is 0 Å². The average molecular weight is 212 g/mol. The average Bonchev–Trinajstić information content (AvgIpc) is 2.35. The number of aromatic nitrogens is 2. The second kappa shape index (κ2) is 2.23. The van der Waals surface area contributed by atoms with Crippen LogP contribution in [0.2, 0.25) is 0 Å². The fourth-order valence-electron chi connectivity index (χ4n) is 1.00. The lowest BCUT2D eigenvalue weighted by Gasteiger charge is -1.96. The molecule has 0 saturated heterocycles. The monoisotopic (exact) mass is 211 g/mol. The topological polar surface area (TPSA) is 43.3 Å². The lowest BCUT2D eigenvalue weighted by Crippen LogP contribution is -1.91. The molecule has 2 aromatic rings. The minimum atomic E-state index is 0.693. The van der Waals surface area contributed by atoms with E-state index in [0.717, 1.165) is 10.3 Å². The summed E-state index contributed by atoms with van der Waals surface area (Å²) in [5.41, 5.74) is 7.15. The molecule has 0 saturated carbocycles. The molecule has 11 heavy (non-hydrogen) atoms. The minimum Gasteiger partial charge on any atom is -0.396 e. The van der Waals surface area contributed by atoms with Crippen molar-refractivity contribution in [1.82, 2.24) is 9.38 Å². The van der Waals surface area contributed by atoms with Gasteiger partial charge in [-0.1, -0.05) is 0 Å². The Hall–Kier alpha value is -1.03.